The van der Waals surface area contributed by atoms with E-state index in [1.165, 1.54) is 6.42 Å². The summed E-state index contributed by atoms with van der Waals surface area (Å²) in [4.78, 5) is 0. The van der Waals surface area contributed by atoms with E-state index in [1.54, 1.807) is 0 Å². The largest absolute Gasteiger partial charge is 0.507 e. The Bertz CT molecular complexity index is 530. The summed E-state index contributed by atoms with van der Waals surface area (Å²) in [6.07, 6.45) is 2.28. The molecule has 1 atom stereocenters. The average Bonchev–Trinajstić information content (AvgIpc) is 2.94. The second-order valence-electron chi connectivity index (χ2n) is 4.76. The van der Waals surface area contributed by atoms with Gasteiger partial charge in [-0.2, -0.15) is 0 Å². The smallest absolute Gasteiger partial charge is 0.128 e. The summed E-state index contributed by atoms with van der Waals surface area (Å²) in [5.41, 5.74) is 3.01. The third kappa shape index (κ3) is 2.00. The van der Waals surface area contributed by atoms with E-state index in [1.807, 2.05) is 48.5 Å². The van der Waals surface area contributed by atoms with Crippen molar-refractivity contribution in [2.45, 2.75) is 18.9 Å². The van der Waals surface area contributed by atoms with E-state index in [2.05, 4.69) is 5.32 Å². The summed E-state index contributed by atoms with van der Waals surface area (Å²) in [7, 11) is 0. The molecular formula is C16H17NO. The first-order valence-electron chi connectivity index (χ1n) is 6.47. The predicted octanol–water partition coefficient (Wildman–Crippen LogP) is 3.48. The Morgan fingerprint density at radius 1 is 1.00 bits per heavy atom. The Morgan fingerprint density at radius 3 is 2.56 bits per heavy atom. The molecule has 92 valence electrons. The number of para-hydroxylation sites is 1. The van der Waals surface area contributed by atoms with Crippen molar-refractivity contribution >= 4 is 0 Å². The maximum atomic E-state index is 10.5. The number of aromatic hydroxyl groups is 1. The Kier molecular flexibility index (Phi) is 3.03. The van der Waals surface area contributed by atoms with Gasteiger partial charge < -0.3 is 10.4 Å². The lowest BCUT2D eigenvalue weighted by atomic mass is 9.97. The van der Waals surface area contributed by atoms with Gasteiger partial charge in [0.25, 0.3) is 0 Å². The van der Waals surface area contributed by atoms with Crippen LogP contribution in [0.15, 0.2) is 48.5 Å². The van der Waals surface area contributed by atoms with Crippen LogP contribution in [0, 0.1) is 0 Å². The van der Waals surface area contributed by atoms with Crippen LogP contribution < -0.4 is 5.32 Å². The molecule has 1 aliphatic heterocycles. The van der Waals surface area contributed by atoms with E-state index in [4.69, 9.17) is 0 Å². The van der Waals surface area contributed by atoms with Crippen LogP contribution in [0.1, 0.15) is 24.4 Å². The van der Waals surface area contributed by atoms with Gasteiger partial charge in [-0.15, -0.1) is 0 Å². The molecule has 18 heavy (non-hydrogen) atoms. The van der Waals surface area contributed by atoms with E-state index in [0.29, 0.717) is 11.8 Å². The van der Waals surface area contributed by atoms with Gasteiger partial charge in [-0.25, -0.2) is 0 Å². The van der Waals surface area contributed by atoms with Gasteiger partial charge >= 0.3 is 0 Å². The predicted molar refractivity (Wildman–Crippen MR) is 73.5 cm³/mol. The van der Waals surface area contributed by atoms with E-state index in [0.717, 1.165) is 29.7 Å². The Morgan fingerprint density at radius 2 is 1.83 bits per heavy atom. The van der Waals surface area contributed by atoms with Crippen molar-refractivity contribution < 1.29 is 5.11 Å². The van der Waals surface area contributed by atoms with Crippen molar-refractivity contribution in [1.82, 2.24) is 5.32 Å². The second kappa shape index (κ2) is 4.83. The normalized spacial score (nSPS) is 19.0. The molecular weight excluding hydrogens is 222 g/mol. The first-order chi connectivity index (χ1) is 8.86. The lowest BCUT2D eigenvalue weighted by molar-refractivity contribution is 0.459. The van der Waals surface area contributed by atoms with Gasteiger partial charge in [0.05, 0.1) is 0 Å². The van der Waals surface area contributed by atoms with Crippen molar-refractivity contribution in [2.24, 2.45) is 0 Å². The quantitative estimate of drug-likeness (QED) is 0.841. The molecule has 2 aromatic rings. The molecule has 0 amide bonds. The molecule has 0 radical (unpaired) electrons. The molecule has 2 aromatic carbocycles. The van der Waals surface area contributed by atoms with E-state index >= 15 is 0 Å². The third-order valence-corrected chi connectivity index (χ3v) is 3.59. The first kappa shape index (κ1) is 11.3. The lowest BCUT2D eigenvalue weighted by Crippen LogP contribution is -2.13. The van der Waals surface area contributed by atoms with Crippen molar-refractivity contribution in [3.63, 3.8) is 0 Å². The number of rotatable bonds is 2. The molecule has 2 nitrogen and oxygen atoms in total. The molecule has 1 saturated heterocycles. The number of phenolic OH excluding ortho intramolecular Hbond substituents is 1. The maximum Gasteiger partial charge on any atom is 0.128 e. The van der Waals surface area contributed by atoms with Gasteiger partial charge in [-0.1, -0.05) is 48.5 Å². The second-order valence-corrected chi connectivity index (χ2v) is 4.76. The van der Waals surface area contributed by atoms with Gasteiger partial charge in [-0.3, -0.25) is 0 Å². The molecule has 1 heterocycles. The minimum Gasteiger partial charge on any atom is -0.507 e. The molecule has 1 fully saturated rings. The minimum absolute atomic E-state index is 0.300. The third-order valence-electron chi connectivity index (χ3n) is 3.59. The standard InChI is InChI=1S/C16H17NO/c18-16-13(12-6-2-1-3-7-12)8-4-9-14(16)15-10-5-11-17-15/h1-4,6-9,15,17-18H,5,10-11H2/t15-/m0/s1. The summed E-state index contributed by atoms with van der Waals surface area (Å²) in [5, 5.41) is 13.9. The zero-order valence-corrected chi connectivity index (χ0v) is 10.3. The van der Waals surface area contributed by atoms with Crippen molar-refractivity contribution in [2.75, 3.05) is 6.54 Å². The molecule has 0 saturated carbocycles. The molecule has 0 unspecified atom stereocenters. The van der Waals surface area contributed by atoms with Gasteiger partial charge in [0.15, 0.2) is 0 Å². The van der Waals surface area contributed by atoms with Crippen LogP contribution in [0.25, 0.3) is 11.1 Å². The van der Waals surface area contributed by atoms with Crippen LogP contribution in [-0.2, 0) is 0 Å². The van der Waals surface area contributed by atoms with E-state index in [9.17, 15) is 5.11 Å². The van der Waals surface area contributed by atoms with Crippen LogP contribution in [0.4, 0.5) is 0 Å². The fourth-order valence-electron chi connectivity index (χ4n) is 2.64. The summed E-state index contributed by atoms with van der Waals surface area (Å²) >= 11 is 0. The van der Waals surface area contributed by atoms with Crippen LogP contribution >= 0.6 is 0 Å². The fraction of sp³-hybridized carbons (Fsp3) is 0.250. The molecule has 0 bridgehead atoms. The number of hydrogen-bond acceptors (Lipinski definition) is 2. The lowest BCUT2D eigenvalue weighted by Gasteiger charge is -2.15. The zero-order chi connectivity index (χ0) is 12.4. The average molecular weight is 239 g/mol. The van der Waals surface area contributed by atoms with Gasteiger partial charge in [0.1, 0.15) is 5.75 Å². The molecule has 3 rings (SSSR count). The number of phenols is 1. The Hall–Kier alpha value is -1.80. The molecule has 2 heteroatoms. The van der Waals surface area contributed by atoms with Crippen LogP contribution in [0.3, 0.4) is 0 Å². The number of nitrogens with one attached hydrogen (secondary N) is 1. The van der Waals surface area contributed by atoms with Crippen LogP contribution in [0.5, 0.6) is 5.75 Å². The Balaban J connectivity index is 2.04. The summed E-state index contributed by atoms with van der Waals surface area (Å²) in [6.45, 7) is 1.04. The Labute approximate surface area is 107 Å². The highest BCUT2D eigenvalue weighted by atomic mass is 16.3. The van der Waals surface area contributed by atoms with Gasteiger partial charge in [-0.05, 0) is 24.9 Å². The first-order valence-corrected chi connectivity index (χ1v) is 6.47. The van der Waals surface area contributed by atoms with Gasteiger partial charge in [0.2, 0.25) is 0 Å². The number of hydrogen-bond donors (Lipinski definition) is 2. The highest BCUT2D eigenvalue weighted by Crippen LogP contribution is 2.37. The molecule has 1 aliphatic rings. The molecule has 0 aromatic heterocycles. The van der Waals surface area contributed by atoms with E-state index < -0.39 is 0 Å². The fourth-order valence-corrected chi connectivity index (χ4v) is 2.64. The SMILES string of the molecule is Oc1c(-c2ccccc2)cccc1[C@@H]1CCCN1. The zero-order valence-electron chi connectivity index (χ0n) is 10.3. The van der Waals surface area contributed by atoms with Crippen LogP contribution in [0.2, 0.25) is 0 Å². The summed E-state index contributed by atoms with van der Waals surface area (Å²) < 4.78 is 0. The molecule has 0 spiro atoms. The highest BCUT2D eigenvalue weighted by Gasteiger charge is 2.20. The van der Waals surface area contributed by atoms with E-state index in [-0.39, 0.29) is 0 Å². The summed E-state index contributed by atoms with van der Waals surface area (Å²) in [5.74, 6) is 0.420. The van der Waals surface area contributed by atoms with Gasteiger partial charge in [0, 0.05) is 17.2 Å². The molecule has 0 aliphatic carbocycles. The van der Waals surface area contributed by atoms with Crippen molar-refractivity contribution in [1.29, 1.82) is 0 Å². The maximum absolute atomic E-state index is 10.5. The summed E-state index contributed by atoms with van der Waals surface area (Å²) in [6, 6.07) is 16.4. The van der Waals surface area contributed by atoms with Crippen LogP contribution in [-0.4, -0.2) is 11.7 Å². The topological polar surface area (TPSA) is 32.3 Å². The molecule has 2 N–H and O–H groups in total. The highest BCUT2D eigenvalue weighted by molar-refractivity contribution is 5.71. The van der Waals surface area contributed by atoms with Crippen molar-refractivity contribution in [3.05, 3.63) is 54.1 Å². The number of benzene rings is 2. The monoisotopic (exact) mass is 239 g/mol. The minimum atomic E-state index is 0.300. The van der Waals surface area contributed by atoms with Crippen molar-refractivity contribution in [3.8, 4) is 16.9 Å².